The maximum Gasteiger partial charge on any atom is 0.150 e. The molecule has 0 aliphatic carbocycles. The lowest BCUT2D eigenvalue weighted by Gasteiger charge is -2.04. The van der Waals surface area contributed by atoms with Crippen LogP contribution in [0.2, 0.25) is 5.02 Å². The number of carbonyl (C=O) groups excluding carboxylic acids is 1. The first-order valence-corrected chi connectivity index (χ1v) is 5.18. The van der Waals surface area contributed by atoms with E-state index in [4.69, 9.17) is 17.3 Å². The van der Waals surface area contributed by atoms with Crippen molar-refractivity contribution in [1.82, 2.24) is 0 Å². The Bertz CT molecular complexity index is 517. The molecule has 0 heterocycles. The number of aldehydes is 1. The quantitative estimate of drug-likeness (QED) is 0.636. The van der Waals surface area contributed by atoms with Crippen LogP contribution in [0.1, 0.15) is 10.4 Å². The second-order valence-electron chi connectivity index (χ2n) is 3.52. The van der Waals surface area contributed by atoms with Crippen molar-refractivity contribution in [3.05, 3.63) is 53.1 Å². The van der Waals surface area contributed by atoms with Gasteiger partial charge >= 0.3 is 0 Å². The molecule has 2 aromatic carbocycles. The summed E-state index contributed by atoms with van der Waals surface area (Å²) in [6.45, 7) is 0. The molecule has 2 rings (SSSR count). The van der Waals surface area contributed by atoms with Gasteiger partial charge < -0.3 is 5.73 Å². The minimum Gasteiger partial charge on any atom is -0.399 e. The van der Waals surface area contributed by atoms with Gasteiger partial charge in [-0.15, -0.1) is 0 Å². The molecule has 0 bridgehead atoms. The van der Waals surface area contributed by atoms with Gasteiger partial charge in [-0.05, 0) is 35.4 Å². The third-order valence-electron chi connectivity index (χ3n) is 2.28. The van der Waals surface area contributed by atoms with E-state index in [9.17, 15) is 4.79 Å². The fourth-order valence-corrected chi connectivity index (χ4v) is 1.81. The predicted octanol–water partition coefficient (Wildman–Crippen LogP) is 3.40. The summed E-state index contributed by atoms with van der Waals surface area (Å²) in [4.78, 5) is 10.7. The van der Waals surface area contributed by atoms with Gasteiger partial charge in [0.2, 0.25) is 0 Å². The molecule has 0 aliphatic rings. The molecule has 0 unspecified atom stereocenters. The van der Waals surface area contributed by atoms with E-state index in [1.165, 1.54) is 0 Å². The average Bonchev–Trinajstić information content (AvgIpc) is 2.28. The van der Waals surface area contributed by atoms with Crippen LogP contribution in [0, 0.1) is 0 Å². The zero-order chi connectivity index (χ0) is 11.5. The molecule has 2 nitrogen and oxygen atoms in total. The van der Waals surface area contributed by atoms with Crippen molar-refractivity contribution in [1.29, 1.82) is 0 Å². The molecule has 80 valence electrons. The molecule has 2 N–H and O–H groups in total. The molecular weight excluding hydrogens is 222 g/mol. The number of hydrogen-bond acceptors (Lipinski definition) is 2. The minimum absolute atomic E-state index is 0.589. The summed E-state index contributed by atoms with van der Waals surface area (Å²) in [5, 5.41) is 0.589. The van der Waals surface area contributed by atoms with Crippen LogP contribution in [-0.4, -0.2) is 6.29 Å². The summed E-state index contributed by atoms with van der Waals surface area (Å²) in [5.74, 6) is 0. The molecule has 0 radical (unpaired) electrons. The first-order valence-electron chi connectivity index (χ1n) is 4.81. The Hall–Kier alpha value is -1.80. The van der Waals surface area contributed by atoms with Gasteiger partial charge in [0.15, 0.2) is 0 Å². The Balaban J connectivity index is 2.53. The largest absolute Gasteiger partial charge is 0.399 e. The Labute approximate surface area is 98.7 Å². The number of nitrogens with two attached hydrogens (primary N) is 1. The number of nitrogen functional groups attached to an aromatic ring is 1. The third kappa shape index (κ3) is 2.23. The Morgan fingerprint density at radius 1 is 1.06 bits per heavy atom. The summed E-state index contributed by atoms with van der Waals surface area (Å²) in [6.07, 6.45) is 0.817. The monoisotopic (exact) mass is 231 g/mol. The van der Waals surface area contributed by atoms with E-state index >= 15 is 0 Å². The molecule has 0 saturated heterocycles. The number of benzene rings is 2. The first-order chi connectivity index (χ1) is 7.69. The molecule has 0 aromatic heterocycles. The molecule has 3 heteroatoms. The summed E-state index contributed by atoms with van der Waals surface area (Å²) >= 11 is 5.92. The maximum absolute atomic E-state index is 10.7. The van der Waals surface area contributed by atoms with Crippen molar-refractivity contribution in [2.24, 2.45) is 0 Å². The molecule has 0 atom stereocenters. The standard InChI is InChI=1S/C13H10ClNO/c14-12-5-11(6-13(15)7-12)10-3-1-2-9(4-10)8-16/h1-8H,15H2. The van der Waals surface area contributed by atoms with E-state index in [1.54, 1.807) is 18.2 Å². The second-order valence-corrected chi connectivity index (χ2v) is 3.95. The number of anilines is 1. The predicted molar refractivity (Wildman–Crippen MR) is 66.7 cm³/mol. The minimum atomic E-state index is 0.589. The Kier molecular flexibility index (Phi) is 2.93. The van der Waals surface area contributed by atoms with Gasteiger partial charge in [-0.2, -0.15) is 0 Å². The van der Waals surface area contributed by atoms with Crippen LogP contribution in [0.3, 0.4) is 0 Å². The van der Waals surface area contributed by atoms with Gasteiger partial charge in [-0.3, -0.25) is 4.79 Å². The Morgan fingerprint density at radius 2 is 1.88 bits per heavy atom. The molecule has 0 aliphatic heterocycles. The van der Waals surface area contributed by atoms with E-state index in [-0.39, 0.29) is 0 Å². The fourth-order valence-electron chi connectivity index (χ4n) is 1.57. The molecule has 0 amide bonds. The number of carbonyl (C=O) groups is 1. The topological polar surface area (TPSA) is 43.1 Å². The van der Waals surface area contributed by atoms with Crippen LogP contribution in [-0.2, 0) is 0 Å². The van der Waals surface area contributed by atoms with Crippen LogP contribution >= 0.6 is 11.6 Å². The van der Waals surface area contributed by atoms with Crippen molar-refractivity contribution >= 4 is 23.6 Å². The summed E-state index contributed by atoms with van der Waals surface area (Å²) in [6, 6.07) is 12.6. The van der Waals surface area contributed by atoms with Crippen LogP contribution in [0.25, 0.3) is 11.1 Å². The van der Waals surface area contributed by atoms with Crippen molar-refractivity contribution in [2.45, 2.75) is 0 Å². The SMILES string of the molecule is Nc1cc(Cl)cc(-c2cccc(C=O)c2)c1. The average molecular weight is 232 g/mol. The van der Waals surface area contributed by atoms with E-state index in [2.05, 4.69) is 0 Å². The van der Waals surface area contributed by atoms with Gasteiger partial charge in [0.05, 0.1) is 0 Å². The van der Waals surface area contributed by atoms with Gasteiger partial charge in [0.25, 0.3) is 0 Å². The number of rotatable bonds is 2. The van der Waals surface area contributed by atoms with Crippen molar-refractivity contribution in [3.8, 4) is 11.1 Å². The second kappa shape index (κ2) is 4.37. The van der Waals surface area contributed by atoms with Crippen LogP contribution < -0.4 is 5.73 Å². The van der Waals surface area contributed by atoms with E-state index < -0.39 is 0 Å². The van der Waals surface area contributed by atoms with Crippen LogP contribution in [0.5, 0.6) is 0 Å². The van der Waals surface area contributed by atoms with Gasteiger partial charge in [0, 0.05) is 16.3 Å². The highest BCUT2D eigenvalue weighted by Crippen LogP contribution is 2.26. The molecule has 0 saturated carbocycles. The van der Waals surface area contributed by atoms with Gasteiger partial charge in [-0.1, -0.05) is 29.8 Å². The maximum atomic E-state index is 10.7. The normalized spacial score (nSPS) is 10.1. The number of hydrogen-bond donors (Lipinski definition) is 1. The van der Waals surface area contributed by atoms with Crippen LogP contribution in [0.4, 0.5) is 5.69 Å². The summed E-state index contributed by atoms with van der Waals surface area (Å²) < 4.78 is 0. The lowest BCUT2D eigenvalue weighted by molar-refractivity contribution is 0.112. The third-order valence-corrected chi connectivity index (χ3v) is 2.49. The molecule has 0 spiro atoms. The van der Waals surface area contributed by atoms with E-state index in [1.807, 2.05) is 24.3 Å². The van der Waals surface area contributed by atoms with Gasteiger partial charge in [0.1, 0.15) is 6.29 Å². The lowest BCUT2D eigenvalue weighted by atomic mass is 10.0. The fraction of sp³-hybridized carbons (Fsp3) is 0. The van der Waals surface area contributed by atoms with Crippen LogP contribution in [0.15, 0.2) is 42.5 Å². The molecule has 16 heavy (non-hydrogen) atoms. The summed E-state index contributed by atoms with van der Waals surface area (Å²) in [5.41, 5.74) is 8.80. The van der Waals surface area contributed by atoms with Gasteiger partial charge in [-0.25, -0.2) is 0 Å². The lowest BCUT2D eigenvalue weighted by Crippen LogP contribution is -1.87. The highest BCUT2D eigenvalue weighted by Gasteiger charge is 2.01. The first kappa shape index (κ1) is 10.7. The smallest absolute Gasteiger partial charge is 0.150 e. The van der Waals surface area contributed by atoms with E-state index in [0.29, 0.717) is 16.3 Å². The highest BCUT2D eigenvalue weighted by atomic mass is 35.5. The zero-order valence-corrected chi connectivity index (χ0v) is 9.24. The molecular formula is C13H10ClNO. The molecule has 2 aromatic rings. The summed E-state index contributed by atoms with van der Waals surface area (Å²) in [7, 11) is 0. The Morgan fingerprint density at radius 3 is 2.56 bits per heavy atom. The van der Waals surface area contributed by atoms with Crippen molar-refractivity contribution < 1.29 is 4.79 Å². The van der Waals surface area contributed by atoms with Crippen molar-refractivity contribution in [2.75, 3.05) is 5.73 Å². The molecule has 0 fully saturated rings. The van der Waals surface area contributed by atoms with E-state index in [0.717, 1.165) is 17.4 Å². The number of halogens is 1. The van der Waals surface area contributed by atoms with Crippen molar-refractivity contribution in [3.63, 3.8) is 0 Å². The zero-order valence-electron chi connectivity index (χ0n) is 8.48. The highest BCUT2D eigenvalue weighted by molar-refractivity contribution is 6.31.